The summed E-state index contributed by atoms with van der Waals surface area (Å²) in [5.41, 5.74) is 0. The van der Waals surface area contributed by atoms with Gasteiger partial charge in [-0.1, -0.05) is 0 Å². The molecule has 0 bridgehead atoms. The highest BCUT2D eigenvalue weighted by atomic mass is 35.5. The van der Waals surface area contributed by atoms with Gasteiger partial charge >= 0.3 is 0 Å². The predicted octanol–water partition coefficient (Wildman–Crippen LogP) is 0.797. The van der Waals surface area contributed by atoms with E-state index in [2.05, 4.69) is 10.6 Å². The first-order chi connectivity index (χ1) is 7.17. The second-order valence-electron chi connectivity index (χ2n) is 3.09. The zero-order valence-corrected chi connectivity index (χ0v) is 9.93. The molecule has 0 aromatic carbocycles. The first-order valence-electron chi connectivity index (χ1n) is 4.61. The fraction of sp³-hybridized carbons (Fsp3) is 0.400. The van der Waals surface area contributed by atoms with Gasteiger partial charge in [0.15, 0.2) is 0 Å². The van der Waals surface area contributed by atoms with Gasteiger partial charge in [-0.2, -0.15) is 5.26 Å². The molecule has 6 heteroatoms. The van der Waals surface area contributed by atoms with E-state index in [0.29, 0.717) is 12.3 Å². The Morgan fingerprint density at radius 1 is 1.62 bits per heavy atom. The quantitative estimate of drug-likeness (QED) is 0.820. The number of nitriles is 1. The summed E-state index contributed by atoms with van der Waals surface area (Å²) in [6.07, 6.45) is 0. The van der Waals surface area contributed by atoms with Gasteiger partial charge in [-0.05, 0) is 19.1 Å². The Labute approximate surface area is 100 Å². The number of halogens is 1. The maximum absolute atomic E-state index is 11.1. The lowest BCUT2D eigenvalue weighted by molar-refractivity contribution is -0.122. The summed E-state index contributed by atoms with van der Waals surface area (Å²) in [5.74, 6) is 0.837. The molecule has 0 unspecified atom stereocenters. The monoisotopic (exact) mass is 243 g/mol. The summed E-state index contributed by atoms with van der Waals surface area (Å²) in [4.78, 5) is 11.1. The Balaban J connectivity index is 0.00000225. The lowest BCUT2D eigenvalue weighted by Crippen LogP contribution is -2.40. The summed E-state index contributed by atoms with van der Waals surface area (Å²) in [7, 11) is 1.58. The van der Waals surface area contributed by atoms with E-state index in [1.807, 2.05) is 6.07 Å². The SMILES string of the molecule is CNC(=O)[C@@H](C)NCc1ccc(C#N)o1.Cl. The van der Waals surface area contributed by atoms with Gasteiger partial charge < -0.3 is 9.73 Å². The molecule has 0 saturated heterocycles. The van der Waals surface area contributed by atoms with Crippen LogP contribution in [-0.4, -0.2) is 19.0 Å². The number of rotatable bonds is 4. The van der Waals surface area contributed by atoms with Crippen molar-refractivity contribution >= 4 is 18.3 Å². The topological polar surface area (TPSA) is 78.1 Å². The maximum atomic E-state index is 11.1. The summed E-state index contributed by atoms with van der Waals surface area (Å²) < 4.78 is 5.14. The molecule has 1 amide bonds. The predicted molar refractivity (Wildman–Crippen MR) is 61.0 cm³/mol. The van der Waals surface area contributed by atoms with Crippen molar-refractivity contribution in [2.45, 2.75) is 19.5 Å². The fourth-order valence-corrected chi connectivity index (χ4v) is 1.10. The number of nitrogens with one attached hydrogen (secondary N) is 2. The van der Waals surface area contributed by atoms with Crippen molar-refractivity contribution in [3.8, 4) is 6.07 Å². The van der Waals surface area contributed by atoms with Gasteiger partial charge in [0.05, 0.1) is 12.6 Å². The molecule has 16 heavy (non-hydrogen) atoms. The highest BCUT2D eigenvalue weighted by molar-refractivity contribution is 5.85. The number of carbonyl (C=O) groups excluding carboxylic acids is 1. The van der Waals surface area contributed by atoms with Crippen molar-refractivity contribution < 1.29 is 9.21 Å². The standard InChI is InChI=1S/C10H13N3O2.ClH/c1-7(10(14)12-2)13-6-9-4-3-8(5-11)15-9;/h3-4,7,13H,6H2,1-2H3,(H,12,14);1H/t7-;/m1./s1. The average Bonchev–Trinajstić information content (AvgIpc) is 2.72. The lowest BCUT2D eigenvalue weighted by atomic mass is 10.3. The second-order valence-corrected chi connectivity index (χ2v) is 3.09. The van der Waals surface area contributed by atoms with Crippen molar-refractivity contribution in [3.05, 3.63) is 23.7 Å². The minimum absolute atomic E-state index is 0. The third-order valence-electron chi connectivity index (χ3n) is 1.99. The molecule has 1 aromatic heterocycles. The van der Waals surface area contributed by atoms with Crippen LogP contribution in [0.3, 0.4) is 0 Å². The van der Waals surface area contributed by atoms with Crippen LogP contribution in [0.1, 0.15) is 18.4 Å². The van der Waals surface area contributed by atoms with Gasteiger partial charge in [-0.25, -0.2) is 0 Å². The van der Waals surface area contributed by atoms with E-state index < -0.39 is 0 Å². The summed E-state index contributed by atoms with van der Waals surface area (Å²) >= 11 is 0. The highest BCUT2D eigenvalue weighted by Crippen LogP contribution is 2.06. The van der Waals surface area contributed by atoms with Crippen LogP contribution in [0.5, 0.6) is 0 Å². The molecule has 0 aliphatic carbocycles. The molecule has 0 aliphatic rings. The van der Waals surface area contributed by atoms with Crippen LogP contribution in [0, 0.1) is 11.3 Å². The van der Waals surface area contributed by atoms with Gasteiger partial charge in [-0.15, -0.1) is 12.4 Å². The molecule has 0 fully saturated rings. The second kappa shape index (κ2) is 6.88. The molecule has 1 heterocycles. The van der Waals surface area contributed by atoms with Crippen molar-refractivity contribution in [3.63, 3.8) is 0 Å². The number of nitrogens with zero attached hydrogens (tertiary/aromatic N) is 1. The number of carbonyl (C=O) groups is 1. The van der Waals surface area contributed by atoms with Crippen LogP contribution in [0.2, 0.25) is 0 Å². The van der Waals surface area contributed by atoms with Gasteiger partial charge in [-0.3, -0.25) is 10.1 Å². The Hall–Kier alpha value is -1.51. The van der Waals surface area contributed by atoms with E-state index in [1.165, 1.54) is 0 Å². The summed E-state index contributed by atoms with van der Waals surface area (Å²) in [6, 6.07) is 4.92. The first-order valence-corrected chi connectivity index (χ1v) is 4.61. The minimum Gasteiger partial charge on any atom is -0.449 e. The number of furan rings is 1. The Kier molecular flexibility index (Phi) is 6.23. The number of hydrogen-bond acceptors (Lipinski definition) is 4. The minimum atomic E-state index is -0.286. The smallest absolute Gasteiger partial charge is 0.236 e. The molecule has 1 aromatic rings. The van der Waals surface area contributed by atoms with E-state index in [-0.39, 0.29) is 30.1 Å². The van der Waals surface area contributed by atoms with Crippen LogP contribution in [-0.2, 0) is 11.3 Å². The van der Waals surface area contributed by atoms with Gasteiger partial charge in [0, 0.05) is 7.05 Å². The van der Waals surface area contributed by atoms with E-state index in [1.54, 1.807) is 26.1 Å². The van der Waals surface area contributed by atoms with Crippen molar-refractivity contribution in [1.82, 2.24) is 10.6 Å². The van der Waals surface area contributed by atoms with Crippen LogP contribution in [0.4, 0.5) is 0 Å². The Bertz CT molecular complexity index is 384. The maximum Gasteiger partial charge on any atom is 0.236 e. The van der Waals surface area contributed by atoms with Crippen molar-refractivity contribution in [2.75, 3.05) is 7.05 Å². The van der Waals surface area contributed by atoms with Crippen molar-refractivity contribution in [2.24, 2.45) is 0 Å². The molecule has 5 nitrogen and oxygen atoms in total. The molecule has 0 aliphatic heterocycles. The normalized spacial score (nSPS) is 11.1. The van der Waals surface area contributed by atoms with Crippen LogP contribution >= 0.6 is 12.4 Å². The Morgan fingerprint density at radius 3 is 2.81 bits per heavy atom. The van der Waals surface area contributed by atoms with Gasteiger partial charge in [0.2, 0.25) is 11.7 Å². The Morgan fingerprint density at radius 2 is 2.31 bits per heavy atom. The number of amides is 1. The van der Waals surface area contributed by atoms with Gasteiger partial charge in [0.25, 0.3) is 0 Å². The van der Waals surface area contributed by atoms with E-state index in [4.69, 9.17) is 9.68 Å². The van der Waals surface area contributed by atoms with E-state index in [0.717, 1.165) is 0 Å². The molecule has 1 atom stereocenters. The summed E-state index contributed by atoms with van der Waals surface area (Å²) in [6.45, 7) is 2.18. The third-order valence-corrected chi connectivity index (χ3v) is 1.99. The molecular formula is C10H14ClN3O2. The average molecular weight is 244 g/mol. The molecule has 0 radical (unpaired) electrons. The zero-order valence-electron chi connectivity index (χ0n) is 9.11. The molecule has 0 spiro atoms. The molecule has 2 N–H and O–H groups in total. The van der Waals surface area contributed by atoms with Crippen LogP contribution in [0.15, 0.2) is 16.5 Å². The van der Waals surface area contributed by atoms with Crippen molar-refractivity contribution in [1.29, 1.82) is 5.26 Å². The lowest BCUT2D eigenvalue weighted by Gasteiger charge is -2.10. The van der Waals surface area contributed by atoms with Gasteiger partial charge in [0.1, 0.15) is 11.8 Å². The van der Waals surface area contributed by atoms with Crippen LogP contribution < -0.4 is 10.6 Å². The summed E-state index contributed by atoms with van der Waals surface area (Å²) in [5, 5.41) is 14.0. The molecule has 0 saturated carbocycles. The molecule has 88 valence electrons. The third kappa shape index (κ3) is 3.93. The highest BCUT2D eigenvalue weighted by Gasteiger charge is 2.10. The fourth-order valence-electron chi connectivity index (χ4n) is 1.10. The first kappa shape index (κ1) is 14.5. The van der Waals surface area contributed by atoms with Crippen LogP contribution in [0.25, 0.3) is 0 Å². The largest absolute Gasteiger partial charge is 0.449 e. The van der Waals surface area contributed by atoms with E-state index in [9.17, 15) is 4.79 Å². The molecule has 1 rings (SSSR count). The number of likely N-dealkylation sites (N-methyl/N-ethyl adjacent to an activating group) is 1. The zero-order chi connectivity index (χ0) is 11.3. The molecular weight excluding hydrogens is 230 g/mol. The number of hydrogen-bond donors (Lipinski definition) is 2. The van der Waals surface area contributed by atoms with E-state index >= 15 is 0 Å².